The van der Waals surface area contributed by atoms with E-state index in [1.54, 1.807) is 6.33 Å². The van der Waals surface area contributed by atoms with Crippen molar-refractivity contribution in [1.29, 1.82) is 0 Å². The van der Waals surface area contributed by atoms with Crippen molar-refractivity contribution in [3.8, 4) is 0 Å². The van der Waals surface area contributed by atoms with Crippen molar-refractivity contribution >= 4 is 21.9 Å². The van der Waals surface area contributed by atoms with E-state index in [1.165, 1.54) is 0 Å². The van der Waals surface area contributed by atoms with Crippen LogP contribution in [0.4, 0.5) is 0 Å². The Labute approximate surface area is 103 Å². The molecule has 4 heteroatoms. The highest BCUT2D eigenvalue weighted by molar-refractivity contribution is 5.78. The monoisotopic (exact) mass is 234 g/mol. The molecule has 4 rings (SSSR count). The molecule has 0 aliphatic carbocycles. The zero-order chi connectivity index (χ0) is 11.9. The zero-order valence-corrected chi connectivity index (χ0v) is 9.56. The molecular formula is C14H10N4. The Morgan fingerprint density at radius 2 is 1.61 bits per heavy atom. The van der Waals surface area contributed by atoms with E-state index in [4.69, 9.17) is 0 Å². The van der Waals surface area contributed by atoms with E-state index in [9.17, 15) is 0 Å². The summed E-state index contributed by atoms with van der Waals surface area (Å²) in [6.07, 6.45) is 3.79. The van der Waals surface area contributed by atoms with E-state index in [2.05, 4.69) is 16.1 Å². The highest BCUT2D eigenvalue weighted by Gasteiger charge is 2.05. The van der Waals surface area contributed by atoms with Crippen LogP contribution in [-0.2, 0) is 0 Å². The van der Waals surface area contributed by atoms with Gasteiger partial charge >= 0.3 is 0 Å². The number of hydrogen-bond acceptors (Lipinski definition) is 2. The number of rotatable bonds is 1. The van der Waals surface area contributed by atoms with Crippen LogP contribution in [0.3, 0.4) is 0 Å². The lowest BCUT2D eigenvalue weighted by Crippen LogP contribution is -2.07. The van der Waals surface area contributed by atoms with Gasteiger partial charge in [-0.05, 0) is 18.2 Å². The Bertz CT molecular complexity index is 808. The van der Waals surface area contributed by atoms with Gasteiger partial charge in [0.2, 0.25) is 0 Å². The number of fused-ring (bicyclic) bond motifs is 2. The van der Waals surface area contributed by atoms with E-state index < -0.39 is 0 Å². The van der Waals surface area contributed by atoms with E-state index >= 15 is 0 Å². The summed E-state index contributed by atoms with van der Waals surface area (Å²) < 4.78 is 1.94. The van der Waals surface area contributed by atoms with Crippen LogP contribution in [0.2, 0.25) is 0 Å². The normalized spacial score (nSPS) is 11.3. The minimum absolute atomic E-state index is 0.969. The molecule has 0 unspecified atom stereocenters. The van der Waals surface area contributed by atoms with Gasteiger partial charge in [0.05, 0.1) is 22.7 Å². The third-order valence-corrected chi connectivity index (χ3v) is 3.06. The van der Waals surface area contributed by atoms with Crippen molar-refractivity contribution in [3.63, 3.8) is 0 Å². The lowest BCUT2D eigenvalue weighted by atomic mass is 10.3. The van der Waals surface area contributed by atoms with Crippen LogP contribution in [0.5, 0.6) is 0 Å². The van der Waals surface area contributed by atoms with E-state index in [0.29, 0.717) is 0 Å². The van der Waals surface area contributed by atoms with Crippen molar-refractivity contribution in [3.05, 3.63) is 61.1 Å². The van der Waals surface area contributed by atoms with Gasteiger partial charge < -0.3 is 0 Å². The largest absolute Gasteiger partial charge is 0.235 e. The first-order chi connectivity index (χ1) is 8.92. The predicted octanol–water partition coefficient (Wildman–Crippen LogP) is 2.70. The molecule has 0 N–H and O–H groups in total. The second kappa shape index (κ2) is 3.43. The Morgan fingerprint density at radius 3 is 2.50 bits per heavy atom. The van der Waals surface area contributed by atoms with Crippen LogP contribution in [0, 0.1) is 0 Å². The molecule has 0 fully saturated rings. The Morgan fingerprint density at radius 1 is 0.833 bits per heavy atom. The number of benzene rings is 2. The first-order valence-corrected chi connectivity index (χ1v) is 5.79. The molecule has 2 aromatic carbocycles. The van der Waals surface area contributed by atoms with Gasteiger partial charge in [-0.3, -0.25) is 0 Å². The van der Waals surface area contributed by atoms with Gasteiger partial charge in [0.25, 0.3) is 0 Å². The van der Waals surface area contributed by atoms with Gasteiger partial charge in [0.15, 0.2) is 0 Å². The molecule has 18 heavy (non-hydrogen) atoms. The molecule has 0 spiro atoms. The van der Waals surface area contributed by atoms with Crippen LogP contribution in [0.15, 0.2) is 61.1 Å². The second-order valence-corrected chi connectivity index (χ2v) is 4.19. The molecular weight excluding hydrogens is 224 g/mol. The summed E-state index contributed by atoms with van der Waals surface area (Å²) in [4.78, 5) is 6.19. The highest BCUT2D eigenvalue weighted by atomic mass is 15.6. The molecule has 86 valence electrons. The number of nitrogens with zero attached hydrogens (tertiary/aromatic N) is 4. The summed E-state index contributed by atoms with van der Waals surface area (Å²) >= 11 is 0. The fraction of sp³-hybridized carbons (Fsp3) is 0. The summed E-state index contributed by atoms with van der Waals surface area (Å²) in [5, 5.41) is 5.67. The number of imidazole rings is 1. The van der Waals surface area contributed by atoms with Gasteiger partial charge in [0, 0.05) is 5.39 Å². The molecule has 0 saturated carbocycles. The van der Waals surface area contributed by atoms with Crippen molar-refractivity contribution in [1.82, 2.24) is 19.5 Å². The molecule has 4 nitrogen and oxygen atoms in total. The van der Waals surface area contributed by atoms with Crippen LogP contribution in [0.1, 0.15) is 0 Å². The quantitative estimate of drug-likeness (QED) is 0.507. The maximum Gasteiger partial charge on any atom is 0.118 e. The fourth-order valence-corrected chi connectivity index (χ4v) is 2.17. The average Bonchev–Trinajstić information content (AvgIpc) is 3.02. The first kappa shape index (κ1) is 9.41. The molecule has 0 amide bonds. The first-order valence-electron chi connectivity index (χ1n) is 5.79. The maximum atomic E-state index is 4.54. The van der Waals surface area contributed by atoms with Crippen LogP contribution >= 0.6 is 0 Å². The summed E-state index contributed by atoms with van der Waals surface area (Å²) in [5.74, 6) is 0. The Kier molecular flexibility index (Phi) is 1.80. The summed E-state index contributed by atoms with van der Waals surface area (Å²) in [7, 11) is 0. The SMILES string of the molecule is c1ccc2nn(-n3cnc4ccccc43)cc2c1. The Hall–Kier alpha value is -2.62. The predicted molar refractivity (Wildman–Crippen MR) is 70.3 cm³/mol. The van der Waals surface area contributed by atoms with Crippen molar-refractivity contribution in [2.24, 2.45) is 0 Å². The lowest BCUT2D eigenvalue weighted by Gasteiger charge is -2.02. The topological polar surface area (TPSA) is 35.6 Å². The third kappa shape index (κ3) is 1.26. The van der Waals surface area contributed by atoms with Crippen molar-refractivity contribution < 1.29 is 0 Å². The molecule has 0 radical (unpaired) electrons. The number of para-hydroxylation sites is 2. The number of hydrogen-bond donors (Lipinski definition) is 0. The molecule has 0 bridgehead atoms. The van der Waals surface area contributed by atoms with Crippen molar-refractivity contribution in [2.45, 2.75) is 0 Å². The van der Waals surface area contributed by atoms with Gasteiger partial charge in [-0.25, -0.2) is 9.66 Å². The van der Waals surface area contributed by atoms with Crippen molar-refractivity contribution in [2.75, 3.05) is 0 Å². The molecule has 0 atom stereocenters. The standard InChI is InChI=1S/C14H10N4/c1-2-6-12-11(5-1)9-18(16-12)17-10-15-13-7-3-4-8-14(13)17/h1-10H. The second-order valence-electron chi connectivity index (χ2n) is 4.19. The smallest absolute Gasteiger partial charge is 0.118 e. The molecule has 0 saturated heterocycles. The van der Waals surface area contributed by atoms with Gasteiger partial charge in [-0.1, -0.05) is 30.3 Å². The molecule has 2 heterocycles. The summed E-state index contributed by atoms with van der Waals surface area (Å²) in [6, 6.07) is 16.1. The van der Waals surface area contributed by atoms with E-state index in [0.717, 1.165) is 21.9 Å². The molecule has 2 aromatic heterocycles. The number of aromatic nitrogens is 4. The minimum atomic E-state index is 0.969. The average molecular weight is 234 g/mol. The molecule has 0 aliphatic rings. The van der Waals surface area contributed by atoms with Crippen LogP contribution in [-0.4, -0.2) is 19.5 Å². The highest BCUT2D eigenvalue weighted by Crippen LogP contribution is 2.15. The zero-order valence-electron chi connectivity index (χ0n) is 9.56. The van der Waals surface area contributed by atoms with Crippen LogP contribution < -0.4 is 0 Å². The summed E-state index contributed by atoms with van der Waals surface area (Å²) in [5.41, 5.74) is 3.00. The minimum Gasteiger partial charge on any atom is -0.235 e. The third-order valence-electron chi connectivity index (χ3n) is 3.06. The Balaban J connectivity index is 2.01. The molecule has 4 aromatic rings. The van der Waals surface area contributed by atoms with E-state index in [-0.39, 0.29) is 0 Å². The van der Waals surface area contributed by atoms with Gasteiger partial charge in [-0.15, -0.1) is 0 Å². The summed E-state index contributed by atoms with van der Waals surface area (Å²) in [6.45, 7) is 0. The van der Waals surface area contributed by atoms with Gasteiger partial charge in [-0.2, -0.15) is 9.89 Å². The fourth-order valence-electron chi connectivity index (χ4n) is 2.17. The molecule has 0 aliphatic heterocycles. The van der Waals surface area contributed by atoms with E-state index in [1.807, 2.05) is 58.1 Å². The van der Waals surface area contributed by atoms with Gasteiger partial charge in [0.1, 0.15) is 6.33 Å². The lowest BCUT2D eigenvalue weighted by molar-refractivity contribution is 0.597. The maximum absolute atomic E-state index is 4.54. The van der Waals surface area contributed by atoms with Crippen LogP contribution in [0.25, 0.3) is 21.9 Å².